The molecule has 24 nitrogen and oxygen atoms in total. The summed E-state index contributed by atoms with van der Waals surface area (Å²) in [6, 6.07) is 0. The number of allylic oxidation sites excluding steroid dienone is 1. The molecule has 3 fully saturated rings. The number of fused-ring (bicyclic) bond motifs is 5. The first-order chi connectivity index (χ1) is 48.1. The average molecular weight is 1420 g/mol. The van der Waals surface area contributed by atoms with E-state index in [0.717, 1.165) is 55.8 Å². The highest BCUT2D eigenvalue weighted by Gasteiger charge is 2.59. The number of carbonyl (C=O) groups excluding carboxylic acids is 9. The minimum atomic E-state index is -0.688. The zero-order valence-electron chi connectivity index (χ0n) is 62.5. The second-order valence-electron chi connectivity index (χ2n) is 29.0. The van der Waals surface area contributed by atoms with E-state index in [1.165, 1.54) is 57.6 Å². The van der Waals surface area contributed by atoms with E-state index in [1.807, 2.05) is 28.7 Å². The first-order valence-electron chi connectivity index (χ1n) is 38.1. The lowest BCUT2D eigenvalue weighted by Crippen LogP contribution is -2.51. The molecule has 0 heterocycles. The van der Waals surface area contributed by atoms with Crippen LogP contribution in [0.4, 0.5) is 4.79 Å². The molecule has 0 aromatic carbocycles. The van der Waals surface area contributed by atoms with Gasteiger partial charge in [0.15, 0.2) is 0 Å². The topological polar surface area (TPSA) is 285 Å². The number of hydrogen-bond donors (Lipinski definition) is 1. The Labute approximate surface area is 597 Å². The lowest BCUT2D eigenvalue weighted by Gasteiger charge is -2.58. The van der Waals surface area contributed by atoms with Crippen molar-refractivity contribution in [3.8, 4) is 0 Å². The Bertz CT molecular complexity index is 2440. The SMILES string of the molecule is CCCC(=O)OCCCCOC(=O)CCN(CCCO)CCC(=O)OCCCCOC(=O)CCN(CCCOC(=O)OC1CC[C@@]2(C)C(=CCC3C4CCC([C@H](C)CCCC(C)C)[C@@]4(C)CCC32)C1)CCC(=O)OCCCCOC(=O)CCN(C)CCCOC(=O)CCC(=O)OCCOC. The van der Waals surface area contributed by atoms with E-state index in [1.54, 1.807) is 0 Å². The fourth-order valence-electron chi connectivity index (χ4n) is 15.2. The van der Waals surface area contributed by atoms with E-state index >= 15 is 0 Å². The lowest BCUT2D eigenvalue weighted by atomic mass is 9.47. The van der Waals surface area contributed by atoms with Gasteiger partial charge in [0.1, 0.15) is 12.7 Å². The highest BCUT2D eigenvalue weighted by atomic mass is 16.7. The van der Waals surface area contributed by atoms with Crippen LogP contribution in [0.3, 0.4) is 0 Å². The van der Waals surface area contributed by atoms with Gasteiger partial charge in [-0.3, -0.25) is 38.4 Å². The monoisotopic (exact) mass is 1420 g/mol. The Kier molecular flexibility index (Phi) is 43.5. The van der Waals surface area contributed by atoms with Crippen LogP contribution in [-0.4, -0.2) is 219 Å². The number of rotatable bonds is 55. The van der Waals surface area contributed by atoms with Gasteiger partial charge in [-0.1, -0.05) is 72.5 Å². The highest BCUT2D eigenvalue weighted by Crippen LogP contribution is 2.67. The average Bonchev–Trinajstić information content (AvgIpc) is 1.40. The van der Waals surface area contributed by atoms with Crippen molar-refractivity contribution in [2.75, 3.05) is 139 Å². The van der Waals surface area contributed by atoms with Crippen molar-refractivity contribution < 1.29 is 100 Å². The predicted octanol–water partition coefficient (Wildman–Crippen LogP) is 11.1. The predicted molar refractivity (Wildman–Crippen MR) is 375 cm³/mol. The van der Waals surface area contributed by atoms with Crippen molar-refractivity contribution >= 4 is 53.9 Å². The maximum absolute atomic E-state index is 13.2. The van der Waals surface area contributed by atoms with Gasteiger partial charge >= 0.3 is 53.9 Å². The molecule has 1 N–H and O–H groups in total. The summed E-state index contributed by atoms with van der Waals surface area (Å²) >= 11 is 0. The number of hydrogen-bond acceptors (Lipinski definition) is 24. The summed E-state index contributed by atoms with van der Waals surface area (Å²) in [6.07, 6.45) is 20.4. The van der Waals surface area contributed by atoms with Crippen molar-refractivity contribution in [2.45, 2.75) is 234 Å². The number of aliphatic hydroxyl groups is 1. The molecule has 4 aliphatic rings. The van der Waals surface area contributed by atoms with E-state index in [9.17, 15) is 48.3 Å². The number of ether oxygens (including phenoxy) is 11. The number of carbonyl (C=O) groups is 9. The normalized spacial score (nSPS) is 21.1. The van der Waals surface area contributed by atoms with Crippen LogP contribution >= 0.6 is 0 Å². The van der Waals surface area contributed by atoms with Crippen LogP contribution in [0.15, 0.2) is 11.6 Å². The molecule has 0 amide bonds. The summed E-state index contributed by atoms with van der Waals surface area (Å²) in [4.78, 5) is 118. The molecule has 0 bridgehead atoms. The van der Waals surface area contributed by atoms with Crippen molar-refractivity contribution in [3.05, 3.63) is 11.6 Å². The molecule has 0 aromatic rings. The van der Waals surface area contributed by atoms with Crippen LogP contribution < -0.4 is 0 Å². The quantitative estimate of drug-likeness (QED) is 0.0256. The maximum atomic E-state index is 13.2. The van der Waals surface area contributed by atoms with Gasteiger partial charge in [0.05, 0.1) is 104 Å². The maximum Gasteiger partial charge on any atom is 0.508 e. The third kappa shape index (κ3) is 34.7. The Balaban J connectivity index is 1.16. The first kappa shape index (κ1) is 87.0. The van der Waals surface area contributed by atoms with E-state index in [0.29, 0.717) is 121 Å². The van der Waals surface area contributed by atoms with Crippen LogP contribution in [-0.2, 0) is 90.5 Å². The minimum absolute atomic E-state index is 0.0367. The lowest BCUT2D eigenvalue weighted by molar-refractivity contribution is -0.151. The molecule has 574 valence electrons. The molecule has 3 saturated carbocycles. The van der Waals surface area contributed by atoms with Gasteiger partial charge < -0.3 is 71.9 Å². The van der Waals surface area contributed by atoms with Gasteiger partial charge in [0.25, 0.3) is 0 Å². The highest BCUT2D eigenvalue weighted by molar-refractivity contribution is 5.77. The van der Waals surface area contributed by atoms with Gasteiger partial charge in [0.2, 0.25) is 0 Å². The molecule has 100 heavy (non-hydrogen) atoms. The van der Waals surface area contributed by atoms with E-state index in [4.69, 9.17) is 52.1 Å². The summed E-state index contributed by atoms with van der Waals surface area (Å²) in [7, 11) is 3.35. The first-order valence-corrected chi connectivity index (χ1v) is 38.1. The van der Waals surface area contributed by atoms with Gasteiger partial charge in [-0.2, -0.15) is 0 Å². The van der Waals surface area contributed by atoms with E-state index < -0.39 is 36.0 Å². The molecule has 24 heteroatoms. The zero-order chi connectivity index (χ0) is 73.0. The van der Waals surface area contributed by atoms with E-state index in [-0.39, 0.29) is 160 Å². The minimum Gasteiger partial charge on any atom is -0.466 e. The van der Waals surface area contributed by atoms with Crippen LogP contribution in [0.5, 0.6) is 0 Å². The third-order valence-electron chi connectivity index (χ3n) is 20.9. The fraction of sp³-hybridized carbons (Fsp3) is 0.855. The molecule has 0 radical (unpaired) electrons. The molecule has 4 aliphatic carbocycles. The van der Waals surface area contributed by atoms with Gasteiger partial charge in [-0.25, -0.2) is 4.79 Å². The Morgan fingerprint density at radius 1 is 0.480 bits per heavy atom. The number of nitrogens with zero attached hydrogens (tertiary/aromatic N) is 3. The summed E-state index contributed by atoms with van der Waals surface area (Å²) in [6.45, 7) is 19.1. The standard InChI is InChI=1S/C76H129N3O21/c1-9-20-66(81)91-47-10-11-49-93-70(85)32-42-78(39-17-46-80)43-33-71(86)94-51-14-15-52-96-73(88)35-45-79(44-34-72(87)95-50-13-12-48-92-69(84)31-41-77(7)38-18-53-97-67(82)27-28-68(83)98-56-55-90-8)40-19-54-99-74(89)100-61-29-36-75(5)60(57-61)23-24-62-64-26-25-63(59(4)22-16-21-58(2)3)76(64,6)37-30-65(62)75/h23,58-59,61-65,80H,9-22,24-57H2,1-8H3/t59-,61?,62?,63?,64?,65?,75+,76-/m1/s1. The number of aliphatic hydroxyl groups excluding tert-OH is 1. The Morgan fingerprint density at radius 2 is 0.930 bits per heavy atom. The van der Waals surface area contributed by atoms with Crippen LogP contribution in [0.1, 0.15) is 228 Å². The van der Waals surface area contributed by atoms with Crippen molar-refractivity contribution in [2.24, 2.45) is 46.3 Å². The molecule has 0 aliphatic heterocycles. The van der Waals surface area contributed by atoms with Crippen LogP contribution in [0.25, 0.3) is 0 Å². The molecule has 5 unspecified atom stereocenters. The Hall–Kier alpha value is -5.43. The third-order valence-corrected chi connectivity index (χ3v) is 20.9. The second kappa shape index (κ2) is 50.1. The van der Waals surface area contributed by atoms with Crippen molar-refractivity contribution in [3.63, 3.8) is 0 Å². The zero-order valence-corrected chi connectivity index (χ0v) is 62.5. The second-order valence-corrected chi connectivity index (χ2v) is 29.0. The molecular formula is C76H129N3O21. The van der Waals surface area contributed by atoms with Crippen molar-refractivity contribution in [1.29, 1.82) is 0 Å². The fourth-order valence-corrected chi connectivity index (χ4v) is 15.2. The smallest absolute Gasteiger partial charge is 0.466 e. The van der Waals surface area contributed by atoms with Crippen molar-refractivity contribution in [1.82, 2.24) is 14.7 Å². The number of unbranched alkanes of at least 4 members (excludes halogenated alkanes) is 3. The largest absolute Gasteiger partial charge is 0.508 e. The van der Waals surface area contributed by atoms with Gasteiger partial charge in [-0.15, -0.1) is 0 Å². The summed E-state index contributed by atoms with van der Waals surface area (Å²) in [5.74, 6) is 1.27. The molecule has 0 aromatic heterocycles. The van der Waals surface area contributed by atoms with Crippen LogP contribution in [0.2, 0.25) is 0 Å². The van der Waals surface area contributed by atoms with Gasteiger partial charge in [-0.05, 0) is 163 Å². The summed E-state index contributed by atoms with van der Waals surface area (Å²) in [5.41, 5.74) is 1.99. The molecular weight excluding hydrogens is 1290 g/mol. The summed E-state index contributed by atoms with van der Waals surface area (Å²) < 4.78 is 58.9. The number of esters is 8. The van der Waals surface area contributed by atoms with Crippen LogP contribution in [0, 0.1) is 46.3 Å². The van der Waals surface area contributed by atoms with E-state index in [2.05, 4.69) is 40.7 Å². The Morgan fingerprint density at radius 3 is 1.42 bits per heavy atom. The number of methoxy groups -OCH3 is 1. The molecule has 8 atom stereocenters. The summed E-state index contributed by atoms with van der Waals surface area (Å²) in [5, 5.41) is 9.41. The molecule has 4 rings (SSSR count). The molecule has 0 spiro atoms. The molecule has 0 saturated heterocycles. The van der Waals surface area contributed by atoms with Gasteiger partial charge in [0, 0.05) is 78.9 Å².